The molecule has 3 aromatic carbocycles. The summed E-state index contributed by atoms with van der Waals surface area (Å²) in [5, 5.41) is 8.23. The highest BCUT2D eigenvalue weighted by atomic mass is 31.2. The Morgan fingerprint density at radius 3 is 2.03 bits per heavy atom. The molecule has 1 unspecified atom stereocenters. The van der Waals surface area contributed by atoms with Gasteiger partial charge in [0.1, 0.15) is 5.52 Å². The summed E-state index contributed by atoms with van der Waals surface area (Å²) >= 11 is 0. The van der Waals surface area contributed by atoms with Crippen LogP contribution in [0, 0.1) is 0 Å². The van der Waals surface area contributed by atoms with Gasteiger partial charge in [-0.15, -0.1) is 5.10 Å². The van der Waals surface area contributed by atoms with E-state index in [1.165, 1.54) is 28.9 Å². The minimum atomic E-state index is -5.71. The Hall–Kier alpha value is -3.14. The van der Waals surface area contributed by atoms with Gasteiger partial charge in [0.15, 0.2) is 0 Å². The van der Waals surface area contributed by atoms with Crippen LogP contribution in [-0.2, 0) is 22.8 Å². The molecule has 12 heteroatoms. The summed E-state index contributed by atoms with van der Waals surface area (Å²) in [4.78, 5) is 17.9. The summed E-state index contributed by atoms with van der Waals surface area (Å²) in [6.07, 6.45) is -4.37. The topological polar surface area (TPSA) is 88.2 Å². The van der Waals surface area contributed by atoms with E-state index in [0.29, 0.717) is 22.2 Å². The number of rotatable bonds is 6. The maximum atomic E-state index is 14.0. The molecule has 0 aliphatic rings. The summed E-state index contributed by atoms with van der Waals surface area (Å²) in [5.74, 6) is 0. The fourth-order valence-electron chi connectivity index (χ4n) is 3.59. The molecule has 0 saturated heterocycles. The average Bonchev–Trinajstić information content (AvgIpc) is 3.20. The molecule has 1 aromatic heterocycles. The van der Waals surface area contributed by atoms with Gasteiger partial charge in [-0.25, -0.2) is 4.68 Å². The number of halogens is 5. The van der Waals surface area contributed by atoms with Gasteiger partial charge in [0.05, 0.1) is 17.1 Å². The fourth-order valence-corrected chi connectivity index (χ4v) is 4.08. The molecule has 0 fully saturated rings. The Labute approximate surface area is 189 Å². The molecule has 4 aromatic rings. The minimum absolute atomic E-state index is 0.139. The number of alkyl halides is 5. The lowest BCUT2D eigenvalue weighted by atomic mass is 9.97. The van der Waals surface area contributed by atoms with Gasteiger partial charge in [-0.3, -0.25) is 4.57 Å². The molecule has 0 bridgehead atoms. The average molecular weight is 497 g/mol. The fraction of sp³-hybridized carbons (Fsp3) is 0.182. The van der Waals surface area contributed by atoms with E-state index in [9.17, 15) is 26.5 Å². The van der Waals surface area contributed by atoms with Crippen LogP contribution in [0.4, 0.5) is 22.0 Å². The number of hydrogen-bond donors (Lipinski definition) is 2. The minimum Gasteiger partial charge on any atom is -0.320 e. The van der Waals surface area contributed by atoms with Crippen LogP contribution in [0.5, 0.6) is 0 Å². The highest BCUT2D eigenvalue weighted by Crippen LogP contribution is 2.59. The normalized spacial score (nSPS) is 13.9. The molecule has 34 heavy (non-hydrogen) atoms. The molecule has 0 radical (unpaired) electrons. The standard InChI is InChI=1S/C22H17F5N3O3P/c23-21(24,25)16-11-7-15(8-12-16)20(30-19-4-2-1-3-18(19)28-29-30)13-14-5-9-17(10-6-14)22(26,27)34(31,32)33/h1-12,20H,13H2,(H2,31,32,33). The van der Waals surface area contributed by atoms with Crippen LogP contribution < -0.4 is 0 Å². The molecule has 178 valence electrons. The first-order valence-electron chi connectivity index (χ1n) is 9.88. The zero-order valence-corrected chi connectivity index (χ0v) is 18.1. The first kappa shape index (κ1) is 24.0. The van der Waals surface area contributed by atoms with Gasteiger partial charge in [-0.05, 0) is 41.8 Å². The van der Waals surface area contributed by atoms with Crippen LogP contribution in [0.15, 0.2) is 72.8 Å². The largest absolute Gasteiger partial charge is 0.416 e. The van der Waals surface area contributed by atoms with E-state index >= 15 is 0 Å². The maximum Gasteiger partial charge on any atom is 0.416 e. The van der Waals surface area contributed by atoms with E-state index in [4.69, 9.17) is 9.79 Å². The Kier molecular flexibility index (Phi) is 6.05. The van der Waals surface area contributed by atoms with Gasteiger partial charge in [-0.1, -0.05) is 53.7 Å². The summed E-state index contributed by atoms with van der Waals surface area (Å²) < 4.78 is 79.7. The highest BCUT2D eigenvalue weighted by Gasteiger charge is 2.50. The second kappa shape index (κ2) is 8.57. The number of benzene rings is 3. The number of nitrogens with zero attached hydrogens (tertiary/aromatic N) is 3. The van der Waals surface area contributed by atoms with Crippen LogP contribution >= 0.6 is 7.60 Å². The molecule has 0 aliphatic heterocycles. The van der Waals surface area contributed by atoms with Gasteiger partial charge in [-0.2, -0.15) is 22.0 Å². The quantitative estimate of drug-likeness (QED) is 0.271. The maximum absolute atomic E-state index is 14.0. The predicted molar refractivity (Wildman–Crippen MR) is 113 cm³/mol. The van der Waals surface area contributed by atoms with Crippen molar-refractivity contribution in [2.45, 2.75) is 24.3 Å². The Morgan fingerprint density at radius 2 is 1.44 bits per heavy atom. The van der Waals surface area contributed by atoms with Gasteiger partial charge in [0.25, 0.3) is 0 Å². The summed E-state index contributed by atoms with van der Waals surface area (Å²) in [6, 6.07) is 15.3. The molecule has 1 atom stereocenters. The molecular formula is C22H17F5N3O3P. The molecule has 0 aliphatic carbocycles. The number of hydrogen-bond acceptors (Lipinski definition) is 3. The molecule has 1 heterocycles. The SMILES string of the molecule is O=P(O)(O)C(F)(F)c1ccc(CC(c2ccc(C(F)(F)F)cc2)n2nnc3ccccc32)cc1. The lowest BCUT2D eigenvalue weighted by molar-refractivity contribution is -0.137. The van der Waals surface area contributed by atoms with Crippen molar-refractivity contribution in [2.24, 2.45) is 0 Å². The second-order valence-corrected chi connectivity index (χ2v) is 9.29. The molecule has 0 saturated carbocycles. The second-order valence-electron chi connectivity index (χ2n) is 7.64. The Morgan fingerprint density at radius 1 is 0.853 bits per heavy atom. The molecule has 0 spiro atoms. The lowest BCUT2D eigenvalue weighted by Gasteiger charge is -2.21. The van der Waals surface area contributed by atoms with Crippen LogP contribution in [0.25, 0.3) is 11.0 Å². The van der Waals surface area contributed by atoms with E-state index in [0.717, 1.165) is 24.3 Å². The molecule has 2 N–H and O–H groups in total. The third kappa shape index (κ3) is 4.59. The van der Waals surface area contributed by atoms with Crippen molar-refractivity contribution >= 4 is 18.6 Å². The smallest absolute Gasteiger partial charge is 0.320 e. The van der Waals surface area contributed by atoms with Crippen LogP contribution in [0.1, 0.15) is 28.3 Å². The monoisotopic (exact) mass is 497 g/mol. The van der Waals surface area contributed by atoms with Gasteiger partial charge >= 0.3 is 19.4 Å². The molecular weight excluding hydrogens is 480 g/mol. The predicted octanol–water partition coefficient (Wildman–Crippen LogP) is 5.51. The number of aromatic nitrogens is 3. The van der Waals surface area contributed by atoms with Crippen LogP contribution in [0.3, 0.4) is 0 Å². The number of para-hydroxylation sites is 1. The van der Waals surface area contributed by atoms with Crippen molar-refractivity contribution in [1.82, 2.24) is 15.0 Å². The van der Waals surface area contributed by atoms with Crippen molar-refractivity contribution in [1.29, 1.82) is 0 Å². The molecule has 6 nitrogen and oxygen atoms in total. The van der Waals surface area contributed by atoms with Crippen molar-refractivity contribution in [2.75, 3.05) is 0 Å². The highest BCUT2D eigenvalue weighted by molar-refractivity contribution is 7.52. The van der Waals surface area contributed by atoms with Gasteiger partial charge in [0, 0.05) is 5.56 Å². The first-order valence-corrected chi connectivity index (χ1v) is 11.5. The van der Waals surface area contributed by atoms with Gasteiger partial charge in [0.2, 0.25) is 0 Å². The van der Waals surface area contributed by atoms with Crippen LogP contribution in [-0.4, -0.2) is 24.8 Å². The van der Waals surface area contributed by atoms with E-state index in [1.54, 1.807) is 24.3 Å². The van der Waals surface area contributed by atoms with E-state index in [1.807, 2.05) is 0 Å². The summed E-state index contributed by atoms with van der Waals surface area (Å²) in [5.41, 5.74) is -3.85. The Bertz CT molecular complexity index is 1350. The Balaban J connectivity index is 1.73. The molecule has 4 rings (SSSR count). The van der Waals surface area contributed by atoms with Crippen molar-refractivity contribution in [3.8, 4) is 0 Å². The van der Waals surface area contributed by atoms with E-state index < -0.39 is 36.6 Å². The van der Waals surface area contributed by atoms with E-state index in [2.05, 4.69) is 10.3 Å². The van der Waals surface area contributed by atoms with E-state index in [-0.39, 0.29) is 6.42 Å². The number of fused-ring (bicyclic) bond motifs is 1. The zero-order valence-electron chi connectivity index (χ0n) is 17.2. The van der Waals surface area contributed by atoms with Crippen LogP contribution in [0.2, 0.25) is 0 Å². The summed E-state index contributed by atoms with van der Waals surface area (Å²) in [7, 11) is -5.71. The van der Waals surface area contributed by atoms with Crippen molar-refractivity contribution in [3.05, 3.63) is 95.1 Å². The van der Waals surface area contributed by atoms with Crippen molar-refractivity contribution < 1.29 is 36.3 Å². The van der Waals surface area contributed by atoms with Crippen molar-refractivity contribution in [3.63, 3.8) is 0 Å². The zero-order chi connectivity index (χ0) is 24.7. The summed E-state index contributed by atoms with van der Waals surface area (Å²) in [6.45, 7) is 0. The first-order chi connectivity index (χ1) is 15.9. The lowest BCUT2D eigenvalue weighted by Crippen LogP contribution is -2.17. The third-order valence-corrected chi connectivity index (χ3v) is 6.38. The molecule has 0 amide bonds. The third-order valence-electron chi connectivity index (χ3n) is 5.39. The van der Waals surface area contributed by atoms with Gasteiger partial charge < -0.3 is 9.79 Å².